The summed E-state index contributed by atoms with van der Waals surface area (Å²) >= 11 is 0. The van der Waals surface area contributed by atoms with E-state index in [0.29, 0.717) is 6.54 Å². The zero-order chi connectivity index (χ0) is 14.1. The van der Waals surface area contributed by atoms with E-state index >= 15 is 0 Å². The first-order chi connectivity index (χ1) is 8.98. The third-order valence-corrected chi connectivity index (χ3v) is 5.31. The Kier molecular flexibility index (Phi) is 4.03. The van der Waals surface area contributed by atoms with Gasteiger partial charge in [-0.25, -0.2) is 0 Å². The molecule has 19 heavy (non-hydrogen) atoms. The van der Waals surface area contributed by atoms with Crippen molar-refractivity contribution in [2.75, 3.05) is 13.6 Å². The fraction of sp³-hybridized carbons (Fsp3) is 0.647. The summed E-state index contributed by atoms with van der Waals surface area (Å²) < 4.78 is 0. The van der Waals surface area contributed by atoms with Crippen LogP contribution in [0.2, 0.25) is 0 Å². The Labute approximate surface area is 118 Å². The van der Waals surface area contributed by atoms with Gasteiger partial charge in [0, 0.05) is 12.1 Å². The average Bonchev–Trinajstić information content (AvgIpc) is 2.45. The van der Waals surface area contributed by atoms with E-state index in [1.165, 1.54) is 30.4 Å². The first-order valence-corrected chi connectivity index (χ1v) is 7.50. The second-order valence-electron chi connectivity index (χ2n) is 6.47. The van der Waals surface area contributed by atoms with E-state index in [0.717, 1.165) is 6.42 Å². The summed E-state index contributed by atoms with van der Waals surface area (Å²) in [6.45, 7) is 7.60. The molecule has 1 aromatic carbocycles. The molecule has 0 aromatic heterocycles. The Balaban J connectivity index is 2.50. The van der Waals surface area contributed by atoms with E-state index in [-0.39, 0.29) is 11.1 Å². The first-order valence-electron chi connectivity index (χ1n) is 7.50. The lowest BCUT2D eigenvalue weighted by Crippen LogP contribution is -2.58. The largest absolute Gasteiger partial charge is 0.328 e. The van der Waals surface area contributed by atoms with Crippen molar-refractivity contribution in [3.05, 3.63) is 35.4 Å². The number of fused-ring (bicyclic) bond motifs is 1. The molecule has 1 aliphatic rings. The summed E-state index contributed by atoms with van der Waals surface area (Å²) in [5.41, 5.74) is 9.38. The minimum Gasteiger partial charge on any atom is -0.328 e. The van der Waals surface area contributed by atoms with Crippen molar-refractivity contribution in [2.45, 2.75) is 57.5 Å². The van der Waals surface area contributed by atoms with Crippen molar-refractivity contribution in [2.24, 2.45) is 5.73 Å². The van der Waals surface area contributed by atoms with Gasteiger partial charge in [0.15, 0.2) is 0 Å². The Hall–Kier alpha value is -0.860. The molecule has 106 valence electrons. The molecule has 1 aromatic rings. The van der Waals surface area contributed by atoms with Crippen LogP contribution in [-0.2, 0) is 12.0 Å². The van der Waals surface area contributed by atoms with Gasteiger partial charge in [-0.2, -0.15) is 0 Å². The molecule has 1 unspecified atom stereocenters. The molecule has 0 aliphatic heterocycles. The quantitative estimate of drug-likeness (QED) is 0.900. The molecule has 0 fully saturated rings. The van der Waals surface area contributed by atoms with Crippen LogP contribution in [0.4, 0.5) is 0 Å². The Morgan fingerprint density at radius 3 is 2.63 bits per heavy atom. The summed E-state index contributed by atoms with van der Waals surface area (Å²) in [5, 5.41) is 0. The van der Waals surface area contributed by atoms with Crippen molar-refractivity contribution in [1.29, 1.82) is 0 Å². The van der Waals surface area contributed by atoms with E-state index in [9.17, 15) is 0 Å². The van der Waals surface area contributed by atoms with Gasteiger partial charge in [-0.15, -0.1) is 0 Å². The van der Waals surface area contributed by atoms with Gasteiger partial charge >= 0.3 is 0 Å². The van der Waals surface area contributed by atoms with Crippen LogP contribution in [0.5, 0.6) is 0 Å². The van der Waals surface area contributed by atoms with Crippen molar-refractivity contribution in [1.82, 2.24) is 4.90 Å². The predicted octanol–water partition coefficient (Wildman–Crippen LogP) is 3.30. The van der Waals surface area contributed by atoms with Crippen LogP contribution >= 0.6 is 0 Å². The zero-order valence-corrected chi connectivity index (χ0v) is 12.9. The maximum absolute atomic E-state index is 6.26. The summed E-state index contributed by atoms with van der Waals surface area (Å²) in [6.07, 6.45) is 4.73. The summed E-state index contributed by atoms with van der Waals surface area (Å²) in [7, 11) is 2.25. The molecule has 0 heterocycles. The fourth-order valence-corrected chi connectivity index (χ4v) is 3.41. The monoisotopic (exact) mass is 260 g/mol. The maximum atomic E-state index is 6.26. The summed E-state index contributed by atoms with van der Waals surface area (Å²) in [4.78, 5) is 2.53. The molecule has 0 saturated heterocycles. The van der Waals surface area contributed by atoms with E-state index in [2.05, 4.69) is 57.0 Å². The highest BCUT2D eigenvalue weighted by atomic mass is 15.2. The number of rotatable bonds is 4. The van der Waals surface area contributed by atoms with Crippen molar-refractivity contribution >= 4 is 0 Å². The van der Waals surface area contributed by atoms with Crippen LogP contribution in [0.1, 0.15) is 51.2 Å². The van der Waals surface area contributed by atoms with Gasteiger partial charge < -0.3 is 5.73 Å². The number of aryl methyl sites for hydroxylation is 1. The normalized spacial score (nSPS) is 23.5. The fourth-order valence-electron chi connectivity index (χ4n) is 3.41. The third kappa shape index (κ3) is 2.32. The molecule has 0 bridgehead atoms. The zero-order valence-electron chi connectivity index (χ0n) is 12.9. The minimum absolute atomic E-state index is 0.00829. The Bertz CT molecular complexity index is 439. The number of nitrogens with zero attached hydrogens (tertiary/aromatic N) is 1. The number of hydrogen-bond acceptors (Lipinski definition) is 2. The van der Waals surface area contributed by atoms with Crippen LogP contribution in [0.25, 0.3) is 0 Å². The molecule has 2 N–H and O–H groups in total. The van der Waals surface area contributed by atoms with Gasteiger partial charge in [-0.3, -0.25) is 4.90 Å². The predicted molar refractivity (Wildman–Crippen MR) is 82.2 cm³/mol. The highest BCUT2D eigenvalue weighted by Gasteiger charge is 2.43. The topological polar surface area (TPSA) is 29.3 Å². The van der Waals surface area contributed by atoms with Gasteiger partial charge in [-0.05, 0) is 57.7 Å². The summed E-state index contributed by atoms with van der Waals surface area (Å²) in [5.74, 6) is 0. The highest BCUT2D eigenvalue weighted by Crippen LogP contribution is 2.42. The number of likely N-dealkylation sites (N-methyl/N-ethyl adjacent to an activating group) is 1. The SMILES string of the molecule is CCC(C)(C)N(C)C1(CN)CCCc2ccccc21. The Morgan fingerprint density at radius 1 is 1.32 bits per heavy atom. The van der Waals surface area contributed by atoms with E-state index in [1.807, 2.05) is 0 Å². The number of hydrogen-bond donors (Lipinski definition) is 1. The van der Waals surface area contributed by atoms with Crippen LogP contribution in [-0.4, -0.2) is 24.0 Å². The third-order valence-electron chi connectivity index (χ3n) is 5.31. The second kappa shape index (κ2) is 5.26. The van der Waals surface area contributed by atoms with Crippen molar-refractivity contribution in [3.63, 3.8) is 0 Å². The van der Waals surface area contributed by atoms with Crippen LogP contribution < -0.4 is 5.73 Å². The lowest BCUT2D eigenvalue weighted by atomic mass is 9.73. The maximum Gasteiger partial charge on any atom is 0.0588 e. The van der Waals surface area contributed by atoms with Gasteiger partial charge in [0.05, 0.1) is 5.54 Å². The molecule has 2 rings (SSSR count). The lowest BCUT2D eigenvalue weighted by molar-refractivity contribution is 0.00859. The van der Waals surface area contributed by atoms with Crippen molar-refractivity contribution < 1.29 is 0 Å². The molecule has 1 aliphatic carbocycles. The minimum atomic E-state index is 0.00829. The van der Waals surface area contributed by atoms with E-state index in [4.69, 9.17) is 5.73 Å². The van der Waals surface area contributed by atoms with Crippen LogP contribution in [0.3, 0.4) is 0 Å². The average molecular weight is 260 g/mol. The summed E-state index contributed by atoms with van der Waals surface area (Å²) in [6, 6.07) is 8.85. The molecular formula is C17H28N2. The van der Waals surface area contributed by atoms with E-state index < -0.39 is 0 Å². The second-order valence-corrected chi connectivity index (χ2v) is 6.47. The lowest BCUT2D eigenvalue weighted by Gasteiger charge is -2.52. The van der Waals surface area contributed by atoms with Crippen molar-refractivity contribution in [3.8, 4) is 0 Å². The molecule has 0 spiro atoms. The number of nitrogens with two attached hydrogens (primary N) is 1. The van der Waals surface area contributed by atoms with Gasteiger partial charge in [0.1, 0.15) is 0 Å². The standard InChI is InChI=1S/C17H28N2/c1-5-16(2,3)19(4)17(13-18)12-8-10-14-9-6-7-11-15(14)17/h6-7,9,11H,5,8,10,12-13,18H2,1-4H3. The molecule has 0 amide bonds. The van der Waals surface area contributed by atoms with E-state index in [1.54, 1.807) is 0 Å². The van der Waals surface area contributed by atoms with Crippen LogP contribution in [0, 0.1) is 0 Å². The molecule has 0 radical (unpaired) electrons. The Morgan fingerprint density at radius 2 is 2.00 bits per heavy atom. The molecule has 2 nitrogen and oxygen atoms in total. The smallest absolute Gasteiger partial charge is 0.0588 e. The molecule has 2 heteroatoms. The van der Waals surface area contributed by atoms with Gasteiger partial charge in [0.2, 0.25) is 0 Å². The molecule has 0 saturated carbocycles. The first kappa shape index (κ1) is 14.5. The van der Waals surface area contributed by atoms with Gasteiger partial charge in [-0.1, -0.05) is 31.2 Å². The highest BCUT2D eigenvalue weighted by molar-refractivity contribution is 5.37. The van der Waals surface area contributed by atoms with Crippen LogP contribution in [0.15, 0.2) is 24.3 Å². The molecule has 1 atom stereocenters. The number of benzene rings is 1. The van der Waals surface area contributed by atoms with Gasteiger partial charge in [0.25, 0.3) is 0 Å². The molecular weight excluding hydrogens is 232 g/mol.